The van der Waals surface area contributed by atoms with Crippen LogP contribution >= 0.6 is 0 Å². The Kier molecular flexibility index (Phi) is 5.32. The molecule has 14 heteroatoms. The summed E-state index contributed by atoms with van der Waals surface area (Å²) in [5, 5.41) is 27.0. The number of aryl methyl sites for hydroxylation is 1. The number of nitrogens with one attached hydrogen (secondary N) is 1. The zero-order valence-electron chi connectivity index (χ0n) is 19.7. The van der Waals surface area contributed by atoms with E-state index in [1.54, 1.807) is 11.6 Å². The number of carbonyl (C=O) groups is 2. The highest BCUT2D eigenvalue weighted by atomic mass is 16.3. The number of anilines is 1. The average Bonchev–Trinajstić information content (AvgIpc) is 3.69. The van der Waals surface area contributed by atoms with E-state index >= 15 is 0 Å². The number of benzene rings is 1. The average molecular weight is 499 g/mol. The van der Waals surface area contributed by atoms with Crippen molar-refractivity contribution in [3.8, 4) is 17.3 Å². The number of tetrazole rings is 1. The standard InChI is InChI=1S/C23H21N11O3/c1-14-26-13-33(28-14)21-19-18(17(35)12-25-21)16(11-24-19)20(36)22(37)31-7-9-32(10-8-31)23-27-29-30-34(23)15-5-3-2-4-6-15/h2-6,11-13,24,35H,7-10H2,1H3. The SMILES string of the molecule is Cc1ncn(-c2ncc(O)c3c(C(=O)C(=O)N4CCN(c5nnnn5-c5ccccc5)CC4)c[nH]c23)n1. The molecule has 4 aromatic heterocycles. The number of amides is 1. The van der Waals surface area contributed by atoms with Gasteiger partial charge in [-0.1, -0.05) is 23.3 Å². The Balaban J connectivity index is 1.21. The van der Waals surface area contributed by atoms with Gasteiger partial charge in [-0.25, -0.2) is 14.6 Å². The van der Waals surface area contributed by atoms with Gasteiger partial charge in [0, 0.05) is 32.4 Å². The monoisotopic (exact) mass is 499 g/mol. The molecule has 1 aliphatic rings. The van der Waals surface area contributed by atoms with Crippen LogP contribution in [0.3, 0.4) is 0 Å². The minimum Gasteiger partial charge on any atom is -0.506 e. The molecule has 0 radical (unpaired) electrons. The zero-order valence-corrected chi connectivity index (χ0v) is 19.7. The predicted molar refractivity (Wildman–Crippen MR) is 130 cm³/mol. The van der Waals surface area contributed by atoms with Gasteiger partial charge >= 0.3 is 0 Å². The maximum Gasteiger partial charge on any atom is 0.295 e. The maximum absolute atomic E-state index is 13.2. The van der Waals surface area contributed by atoms with Crippen LogP contribution < -0.4 is 4.90 Å². The molecular formula is C23H21N11O3. The van der Waals surface area contributed by atoms with Gasteiger partial charge in [0.05, 0.1) is 28.4 Å². The molecule has 1 saturated heterocycles. The molecule has 6 rings (SSSR count). The minimum atomic E-state index is -0.726. The van der Waals surface area contributed by atoms with Crippen LogP contribution in [0.15, 0.2) is 49.1 Å². The second-order valence-electron chi connectivity index (χ2n) is 8.49. The van der Waals surface area contributed by atoms with Gasteiger partial charge in [0.15, 0.2) is 5.82 Å². The molecule has 5 aromatic rings. The summed E-state index contributed by atoms with van der Waals surface area (Å²) in [6, 6.07) is 9.52. The van der Waals surface area contributed by atoms with Crippen LogP contribution in [0.2, 0.25) is 0 Å². The van der Waals surface area contributed by atoms with E-state index in [1.165, 1.54) is 28.3 Å². The third-order valence-corrected chi connectivity index (χ3v) is 6.23. The molecule has 1 amide bonds. The fourth-order valence-corrected chi connectivity index (χ4v) is 4.40. The molecule has 0 bridgehead atoms. The number of Topliss-reactive ketones (excluding diaryl/α,β-unsaturated/α-hetero) is 1. The Morgan fingerprint density at radius 1 is 1.05 bits per heavy atom. The largest absolute Gasteiger partial charge is 0.506 e. The molecule has 1 aliphatic heterocycles. The molecule has 1 fully saturated rings. The Morgan fingerprint density at radius 2 is 1.84 bits per heavy atom. The molecule has 37 heavy (non-hydrogen) atoms. The minimum absolute atomic E-state index is 0.0634. The van der Waals surface area contributed by atoms with E-state index in [4.69, 9.17) is 0 Å². The molecule has 0 atom stereocenters. The third kappa shape index (κ3) is 3.84. The number of piperazine rings is 1. The van der Waals surface area contributed by atoms with Crippen molar-refractivity contribution in [2.45, 2.75) is 6.92 Å². The lowest BCUT2D eigenvalue weighted by atomic mass is 10.1. The van der Waals surface area contributed by atoms with E-state index in [-0.39, 0.29) is 16.7 Å². The van der Waals surface area contributed by atoms with Crippen LogP contribution in [0, 0.1) is 6.92 Å². The van der Waals surface area contributed by atoms with Crippen LogP contribution in [-0.2, 0) is 4.79 Å². The first-order valence-corrected chi connectivity index (χ1v) is 11.5. The zero-order chi connectivity index (χ0) is 25.5. The Labute approximate surface area is 209 Å². The summed E-state index contributed by atoms with van der Waals surface area (Å²) in [7, 11) is 0. The highest BCUT2D eigenvalue weighted by Gasteiger charge is 2.31. The van der Waals surface area contributed by atoms with E-state index in [2.05, 4.69) is 35.6 Å². The molecule has 14 nitrogen and oxygen atoms in total. The molecule has 1 aromatic carbocycles. The van der Waals surface area contributed by atoms with Gasteiger partial charge < -0.3 is 19.9 Å². The number of aromatic amines is 1. The van der Waals surface area contributed by atoms with Gasteiger partial charge in [-0.15, -0.1) is 0 Å². The fraction of sp³-hybridized carbons (Fsp3) is 0.217. The number of aromatic hydroxyl groups is 1. The Bertz CT molecular complexity index is 1610. The Morgan fingerprint density at radius 3 is 2.57 bits per heavy atom. The summed E-state index contributed by atoms with van der Waals surface area (Å²) in [5.41, 5.74) is 1.26. The Hall–Kier alpha value is -5.14. The highest BCUT2D eigenvalue weighted by molar-refractivity contribution is 6.45. The first kappa shape index (κ1) is 22.3. The van der Waals surface area contributed by atoms with Crippen molar-refractivity contribution in [1.82, 2.24) is 49.8 Å². The van der Waals surface area contributed by atoms with Crippen molar-refractivity contribution in [2.75, 3.05) is 31.1 Å². The van der Waals surface area contributed by atoms with Crippen molar-refractivity contribution in [3.05, 3.63) is 60.4 Å². The number of nitrogens with zero attached hydrogens (tertiary/aromatic N) is 10. The van der Waals surface area contributed by atoms with Crippen molar-refractivity contribution < 1.29 is 14.7 Å². The summed E-state index contributed by atoms with van der Waals surface area (Å²) >= 11 is 0. The van der Waals surface area contributed by atoms with Crippen LogP contribution in [0.4, 0.5) is 5.95 Å². The van der Waals surface area contributed by atoms with Crippen LogP contribution in [-0.4, -0.2) is 92.8 Å². The smallest absolute Gasteiger partial charge is 0.295 e. The molecule has 5 heterocycles. The number of pyridine rings is 1. The van der Waals surface area contributed by atoms with Crippen molar-refractivity contribution in [3.63, 3.8) is 0 Å². The molecule has 186 valence electrons. The lowest BCUT2D eigenvalue weighted by Gasteiger charge is -2.34. The number of fused-ring (bicyclic) bond motifs is 1. The van der Waals surface area contributed by atoms with Crippen LogP contribution in [0.25, 0.3) is 22.4 Å². The molecular weight excluding hydrogens is 478 g/mol. The normalized spacial score (nSPS) is 13.9. The summed E-state index contributed by atoms with van der Waals surface area (Å²) in [6.45, 7) is 3.26. The lowest BCUT2D eigenvalue weighted by Crippen LogP contribution is -2.51. The van der Waals surface area contributed by atoms with E-state index in [9.17, 15) is 14.7 Å². The van der Waals surface area contributed by atoms with Gasteiger partial charge in [0.25, 0.3) is 11.7 Å². The van der Waals surface area contributed by atoms with Crippen molar-refractivity contribution in [2.24, 2.45) is 0 Å². The van der Waals surface area contributed by atoms with Crippen molar-refractivity contribution >= 4 is 28.5 Å². The highest BCUT2D eigenvalue weighted by Crippen LogP contribution is 2.31. The number of hydrogen-bond acceptors (Lipinski definition) is 10. The number of hydrogen-bond donors (Lipinski definition) is 2. The number of carbonyl (C=O) groups excluding carboxylic acids is 2. The summed E-state index contributed by atoms with van der Waals surface area (Å²) < 4.78 is 3.07. The maximum atomic E-state index is 13.2. The number of rotatable bonds is 5. The second-order valence-corrected chi connectivity index (χ2v) is 8.49. The summed E-state index contributed by atoms with van der Waals surface area (Å²) in [6.07, 6.45) is 4.11. The number of para-hydroxylation sites is 1. The first-order valence-electron chi connectivity index (χ1n) is 11.5. The molecule has 0 saturated carbocycles. The summed E-state index contributed by atoms with van der Waals surface area (Å²) in [4.78, 5) is 41.1. The van der Waals surface area contributed by atoms with Gasteiger partial charge in [-0.3, -0.25) is 9.59 Å². The molecule has 2 N–H and O–H groups in total. The number of aromatic nitrogens is 9. The number of H-pyrrole nitrogens is 1. The summed E-state index contributed by atoms with van der Waals surface area (Å²) in [5.74, 6) is -0.142. The van der Waals surface area contributed by atoms with Gasteiger partial charge in [-0.05, 0) is 29.5 Å². The van der Waals surface area contributed by atoms with E-state index in [0.29, 0.717) is 49.3 Å². The quantitative estimate of drug-likeness (QED) is 0.259. The first-order chi connectivity index (χ1) is 18.0. The van der Waals surface area contributed by atoms with Gasteiger partial charge in [-0.2, -0.15) is 9.78 Å². The number of ketones is 1. The topological polar surface area (TPSA) is 164 Å². The van der Waals surface area contributed by atoms with Crippen LogP contribution in [0.1, 0.15) is 16.2 Å². The van der Waals surface area contributed by atoms with Gasteiger partial charge in [0.2, 0.25) is 5.95 Å². The van der Waals surface area contributed by atoms with E-state index in [0.717, 1.165) is 5.69 Å². The molecule has 0 spiro atoms. The predicted octanol–water partition coefficient (Wildman–Crippen LogP) is 0.665. The molecule has 0 unspecified atom stereocenters. The van der Waals surface area contributed by atoms with E-state index < -0.39 is 11.7 Å². The molecule has 0 aliphatic carbocycles. The lowest BCUT2D eigenvalue weighted by molar-refractivity contribution is -0.126. The van der Waals surface area contributed by atoms with Crippen LogP contribution in [0.5, 0.6) is 5.75 Å². The van der Waals surface area contributed by atoms with Crippen molar-refractivity contribution in [1.29, 1.82) is 0 Å². The second kappa shape index (κ2) is 8.82. The van der Waals surface area contributed by atoms with E-state index in [1.807, 2.05) is 35.2 Å². The third-order valence-electron chi connectivity index (χ3n) is 6.23. The van der Waals surface area contributed by atoms with Gasteiger partial charge in [0.1, 0.15) is 17.9 Å². The fourth-order valence-electron chi connectivity index (χ4n) is 4.40.